The molecule has 5 heteroatoms. The first-order valence-electron chi connectivity index (χ1n) is 8.66. The smallest absolute Gasteiger partial charge is 0.238 e. The first kappa shape index (κ1) is 18.7. The number of hydrogen-bond acceptors (Lipinski definition) is 2. The van der Waals surface area contributed by atoms with E-state index in [-0.39, 0.29) is 6.54 Å². The lowest BCUT2D eigenvalue weighted by molar-refractivity contribution is -0.117. The maximum Gasteiger partial charge on any atom is 0.238 e. The molecule has 0 aliphatic carbocycles. The van der Waals surface area contributed by atoms with Crippen molar-refractivity contribution in [2.45, 2.75) is 13.1 Å². The van der Waals surface area contributed by atoms with Crippen LogP contribution in [-0.4, -0.2) is 17.4 Å². The number of amides is 1. The quantitative estimate of drug-likeness (QED) is 0.662. The number of halogens is 2. The SMILES string of the molecule is O=C(CN(Cc1ccccc1)Cc1ccccc1)Nc1c(F)cccc1F. The Morgan fingerprint density at radius 1 is 0.741 bits per heavy atom. The standard InChI is InChI=1S/C22H20F2N2O/c23-19-12-7-13-20(24)22(19)25-21(27)16-26(14-17-8-3-1-4-9-17)15-18-10-5-2-6-11-18/h1-13H,14-16H2,(H,25,27). The van der Waals surface area contributed by atoms with Gasteiger partial charge in [-0.25, -0.2) is 8.78 Å². The normalized spacial score (nSPS) is 10.8. The highest BCUT2D eigenvalue weighted by Crippen LogP contribution is 2.18. The molecule has 0 atom stereocenters. The van der Waals surface area contributed by atoms with E-state index in [4.69, 9.17) is 0 Å². The fourth-order valence-electron chi connectivity index (χ4n) is 2.85. The van der Waals surface area contributed by atoms with Crippen LogP contribution in [0.25, 0.3) is 0 Å². The zero-order valence-electron chi connectivity index (χ0n) is 14.7. The van der Waals surface area contributed by atoms with Crippen LogP contribution < -0.4 is 5.32 Å². The zero-order chi connectivity index (χ0) is 19.1. The van der Waals surface area contributed by atoms with E-state index in [2.05, 4.69) is 5.32 Å². The van der Waals surface area contributed by atoms with Crippen molar-refractivity contribution in [3.05, 3.63) is 102 Å². The number of benzene rings is 3. The molecule has 3 nitrogen and oxygen atoms in total. The molecular formula is C22H20F2N2O. The van der Waals surface area contributed by atoms with Crippen LogP contribution in [0.3, 0.4) is 0 Å². The highest BCUT2D eigenvalue weighted by atomic mass is 19.1. The lowest BCUT2D eigenvalue weighted by Gasteiger charge is -2.22. The minimum atomic E-state index is -0.791. The number of anilines is 1. The first-order valence-corrected chi connectivity index (χ1v) is 8.66. The lowest BCUT2D eigenvalue weighted by atomic mass is 10.1. The van der Waals surface area contributed by atoms with Crippen molar-refractivity contribution < 1.29 is 13.6 Å². The Morgan fingerprint density at radius 2 is 1.22 bits per heavy atom. The Morgan fingerprint density at radius 3 is 1.70 bits per heavy atom. The topological polar surface area (TPSA) is 32.3 Å². The second-order valence-corrected chi connectivity index (χ2v) is 6.26. The largest absolute Gasteiger partial charge is 0.320 e. The molecule has 0 saturated heterocycles. The zero-order valence-corrected chi connectivity index (χ0v) is 14.7. The van der Waals surface area contributed by atoms with E-state index in [1.54, 1.807) is 0 Å². The van der Waals surface area contributed by atoms with E-state index in [1.807, 2.05) is 65.6 Å². The third-order valence-electron chi connectivity index (χ3n) is 4.09. The van der Waals surface area contributed by atoms with Crippen molar-refractivity contribution in [3.63, 3.8) is 0 Å². The van der Waals surface area contributed by atoms with Gasteiger partial charge in [-0.05, 0) is 23.3 Å². The lowest BCUT2D eigenvalue weighted by Crippen LogP contribution is -2.33. The summed E-state index contributed by atoms with van der Waals surface area (Å²) >= 11 is 0. The minimum Gasteiger partial charge on any atom is -0.320 e. The van der Waals surface area contributed by atoms with Crippen LogP contribution in [0.2, 0.25) is 0 Å². The molecule has 0 radical (unpaired) electrons. The first-order chi connectivity index (χ1) is 13.1. The van der Waals surface area contributed by atoms with Gasteiger partial charge in [0.2, 0.25) is 5.91 Å². The molecule has 0 spiro atoms. The van der Waals surface area contributed by atoms with Crippen LogP contribution in [0.4, 0.5) is 14.5 Å². The third kappa shape index (κ3) is 5.46. The molecule has 0 bridgehead atoms. The predicted molar refractivity (Wildman–Crippen MR) is 102 cm³/mol. The molecule has 0 aliphatic rings. The maximum absolute atomic E-state index is 13.8. The van der Waals surface area contributed by atoms with E-state index < -0.39 is 23.2 Å². The summed E-state index contributed by atoms with van der Waals surface area (Å²) < 4.78 is 27.5. The number of carbonyl (C=O) groups excluding carboxylic acids is 1. The van der Waals surface area contributed by atoms with Crippen molar-refractivity contribution >= 4 is 11.6 Å². The number of rotatable bonds is 7. The number of carbonyl (C=O) groups is 1. The minimum absolute atomic E-state index is 0.0115. The fraction of sp³-hybridized carbons (Fsp3) is 0.136. The monoisotopic (exact) mass is 366 g/mol. The van der Waals surface area contributed by atoms with Crippen molar-refractivity contribution in [1.29, 1.82) is 0 Å². The molecule has 0 heterocycles. The Kier molecular flexibility index (Phi) is 6.28. The Hall–Kier alpha value is -3.05. The van der Waals surface area contributed by atoms with Gasteiger partial charge >= 0.3 is 0 Å². The highest BCUT2D eigenvalue weighted by molar-refractivity contribution is 5.92. The summed E-state index contributed by atoms with van der Waals surface area (Å²) in [5.41, 5.74) is 1.69. The molecule has 138 valence electrons. The van der Waals surface area contributed by atoms with Crippen LogP contribution in [0.15, 0.2) is 78.9 Å². The molecular weight excluding hydrogens is 346 g/mol. The van der Waals surface area contributed by atoms with Crippen LogP contribution in [0.5, 0.6) is 0 Å². The number of nitrogens with one attached hydrogen (secondary N) is 1. The van der Waals surface area contributed by atoms with Gasteiger partial charge in [0, 0.05) is 13.1 Å². The van der Waals surface area contributed by atoms with Crippen LogP contribution in [0.1, 0.15) is 11.1 Å². The summed E-state index contributed by atoms with van der Waals surface area (Å²) in [4.78, 5) is 14.4. The van der Waals surface area contributed by atoms with E-state index in [1.165, 1.54) is 6.07 Å². The maximum atomic E-state index is 13.8. The van der Waals surface area contributed by atoms with Gasteiger partial charge in [-0.2, -0.15) is 0 Å². The van der Waals surface area contributed by atoms with Gasteiger partial charge in [0.05, 0.1) is 6.54 Å². The Labute approximate surface area is 157 Å². The highest BCUT2D eigenvalue weighted by Gasteiger charge is 2.16. The molecule has 0 saturated carbocycles. The fourth-order valence-corrected chi connectivity index (χ4v) is 2.85. The summed E-state index contributed by atoms with van der Waals surface area (Å²) in [5.74, 6) is -2.05. The average Bonchev–Trinajstić information content (AvgIpc) is 2.66. The molecule has 0 aromatic heterocycles. The van der Waals surface area contributed by atoms with Crippen molar-refractivity contribution in [1.82, 2.24) is 4.90 Å². The molecule has 0 unspecified atom stereocenters. The number of nitrogens with zero attached hydrogens (tertiary/aromatic N) is 1. The van der Waals surface area contributed by atoms with Crippen LogP contribution in [-0.2, 0) is 17.9 Å². The number of para-hydroxylation sites is 1. The van der Waals surface area contributed by atoms with Gasteiger partial charge in [-0.3, -0.25) is 9.69 Å². The summed E-state index contributed by atoms with van der Waals surface area (Å²) in [7, 11) is 0. The van der Waals surface area contributed by atoms with Gasteiger partial charge in [-0.1, -0.05) is 66.7 Å². The summed E-state index contributed by atoms with van der Waals surface area (Å²) in [6, 6.07) is 23.0. The molecule has 3 aromatic rings. The van der Waals surface area contributed by atoms with Gasteiger partial charge in [-0.15, -0.1) is 0 Å². The van der Waals surface area contributed by atoms with E-state index in [9.17, 15) is 13.6 Å². The van der Waals surface area contributed by atoms with Gasteiger partial charge in [0.1, 0.15) is 17.3 Å². The molecule has 0 fully saturated rings. The van der Waals surface area contributed by atoms with Crippen LogP contribution >= 0.6 is 0 Å². The second-order valence-electron chi connectivity index (χ2n) is 6.26. The van der Waals surface area contributed by atoms with E-state index >= 15 is 0 Å². The third-order valence-corrected chi connectivity index (χ3v) is 4.09. The molecule has 27 heavy (non-hydrogen) atoms. The average molecular weight is 366 g/mol. The van der Waals surface area contributed by atoms with Crippen LogP contribution in [0, 0.1) is 11.6 Å². The Bertz CT molecular complexity index is 824. The Balaban J connectivity index is 1.72. The van der Waals surface area contributed by atoms with E-state index in [0.717, 1.165) is 23.3 Å². The molecule has 0 aliphatic heterocycles. The van der Waals surface area contributed by atoms with Gasteiger partial charge in [0.15, 0.2) is 0 Å². The van der Waals surface area contributed by atoms with Gasteiger partial charge in [0.25, 0.3) is 0 Å². The van der Waals surface area contributed by atoms with Crippen molar-refractivity contribution in [3.8, 4) is 0 Å². The molecule has 3 rings (SSSR count). The second kappa shape index (κ2) is 9.05. The molecule has 1 N–H and O–H groups in total. The van der Waals surface area contributed by atoms with Gasteiger partial charge < -0.3 is 5.32 Å². The van der Waals surface area contributed by atoms with Crippen molar-refractivity contribution in [2.24, 2.45) is 0 Å². The van der Waals surface area contributed by atoms with E-state index in [0.29, 0.717) is 13.1 Å². The predicted octanol–water partition coefficient (Wildman–Crippen LogP) is 4.61. The summed E-state index contributed by atoms with van der Waals surface area (Å²) in [6.45, 7) is 1.10. The van der Waals surface area contributed by atoms with Crippen molar-refractivity contribution in [2.75, 3.05) is 11.9 Å². The molecule has 1 amide bonds. The molecule has 3 aromatic carbocycles. The number of hydrogen-bond donors (Lipinski definition) is 1. The summed E-state index contributed by atoms with van der Waals surface area (Å²) in [6.07, 6.45) is 0. The summed E-state index contributed by atoms with van der Waals surface area (Å²) in [5, 5.41) is 2.35.